The van der Waals surface area contributed by atoms with Crippen LogP contribution in [0.3, 0.4) is 0 Å². The molecule has 1 aromatic rings. The molecule has 20 heavy (non-hydrogen) atoms. The SMILES string of the molecule is CCOC(=O)Cc1nc(I)c(OC(F)(F)F)cc1CN. The monoisotopic (exact) mass is 404 g/mol. The standard InChI is InChI=1S/C11H12F3IN2O3/c1-2-19-9(18)4-7-6(5-16)3-8(10(15)17-7)20-11(12,13)14/h3H,2,4-5,16H2,1H3. The number of rotatable bonds is 5. The molecular weight excluding hydrogens is 392 g/mol. The Labute approximate surface area is 126 Å². The van der Waals surface area contributed by atoms with Crippen LogP contribution in [0.2, 0.25) is 0 Å². The molecule has 0 radical (unpaired) electrons. The van der Waals surface area contributed by atoms with Crippen molar-refractivity contribution in [3.05, 3.63) is 21.0 Å². The zero-order chi connectivity index (χ0) is 15.3. The van der Waals surface area contributed by atoms with Gasteiger partial charge in [0.1, 0.15) is 3.70 Å². The van der Waals surface area contributed by atoms with E-state index in [0.717, 1.165) is 6.07 Å². The van der Waals surface area contributed by atoms with Crippen molar-refractivity contribution in [1.82, 2.24) is 4.98 Å². The molecule has 0 aliphatic heterocycles. The summed E-state index contributed by atoms with van der Waals surface area (Å²) in [6.07, 6.45) is -4.96. The van der Waals surface area contributed by atoms with Crippen LogP contribution in [0, 0.1) is 3.70 Å². The number of ether oxygens (including phenoxy) is 2. The number of nitrogens with two attached hydrogens (primary N) is 1. The van der Waals surface area contributed by atoms with E-state index in [1.54, 1.807) is 29.5 Å². The van der Waals surface area contributed by atoms with Crippen molar-refractivity contribution in [2.75, 3.05) is 6.61 Å². The van der Waals surface area contributed by atoms with Gasteiger partial charge in [0.25, 0.3) is 0 Å². The second-order valence-corrected chi connectivity index (χ2v) is 4.64. The summed E-state index contributed by atoms with van der Waals surface area (Å²) in [7, 11) is 0. The first-order valence-electron chi connectivity index (χ1n) is 5.56. The molecule has 0 amide bonds. The maximum Gasteiger partial charge on any atom is 0.573 e. The van der Waals surface area contributed by atoms with Gasteiger partial charge in [0.15, 0.2) is 5.75 Å². The van der Waals surface area contributed by atoms with Gasteiger partial charge >= 0.3 is 12.3 Å². The van der Waals surface area contributed by atoms with Gasteiger partial charge in [-0.05, 0) is 41.1 Å². The number of nitrogens with zero attached hydrogens (tertiary/aromatic N) is 1. The lowest BCUT2D eigenvalue weighted by Gasteiger charge is -2.13. The Balaban J connectivity index is 3.04. The second kappa shape index (κ2) is 7.07. The van der Waals surface area contributed by atoms with Crippen molar-refractivity contribution >= 4 is 28.6 Å². The molecule has 2 N–H and O–H groups in total. The van der Waals surface area contributed by atoms with Gasteiger partial charge in [-0.25, -0.2) is 4.98 Å². The summed E-state index contributed by atoms with van der Waals surface area (Å²) in [4.78, 5) is 15.3. The highest BCUT2D eigenvalue weighted by atomic mass is 127. The van der Waals surface area contributed by atoms with E-state index in [1.165, 1.54) is 0 Å². The molecule has 0 aromatic carbocycles. The van der Waals surface area contributed by atoms with Crippen molar-refractivity contribution in [2.45, 2.75) is 26.3 Å². The molecule has 0 atom stereocenters. The molecule has 0 aliphatic carbocycles. The van der Waals surface area contributed by atoms with E-state index in [2.05, 4.69) is 9.72 Å². The van der Waals surface area contributed by atoms with Crippen LogP contribution in [0.15, 0.2) is 6.07 Å². The van der Waals surface area contributed by atoms with Gasteiger partial charge in [0.05, 0.1) is 18.7 Å². The predicted octanol–water partition coefficient (Wildman–Crippen LogP) is 2.15. The van der Waals surface area contributed by atoms with Gasteiger partial charge in [-0.2, -0.15) is 0 Å². The van der Waals surface area contributed by atoms with E-state index >= 15 is 0 Å². The number of alkyl halides is 3. The highest BCUT2D eigenvalue weighted by Crippen LogP contribution is 2.28. The van der Waals surface area contributed by atoms with Crippen molar-refractivity contribution in [3.8, 4) is 5.75 Å². The summed E-state index contributed by atoms with van der Waals surface area (Å²) in [6.45, 7) is 1.80. The number of hydrogen-bond donors (Lipinski definition) is 1. The Kier molecular flexibility index (Phi) is 5.99. The number of esters is 1. The Hall–Kier alpha value is -1.10. The van der Waals surface area contributed by atoms with Gasteiger partial charge < -0.3 is 15.2 Å². The van der Waals surface area contributed by atoms with E-state index in [9.17, 15) is 18.0 Å². The summed E-state index contributed by atoms with van der Waals surface area (Å²) in [5.41, 5.74) is 6.04. The van der Waals surface area contributed by atoms with Crippen molar-refractivity contribution in [1.29, 1.82) is 0 Å². The number of carbonyl (C=O) groups is 1. The smallest absolute Gasteiger partial charge is 0.466 e. The van der Waals surface area contributed by atoms with Crippen LogP contribution in [-0.4, -0.2) is 23.9 Å². The molecule has 0 bridgehead atoms. The number of carbonyl (C=O) groups excluding carboxylic acids is 1. The van der Waals surface area contributed by atoms with E-state index in [-0.39, 0.29) is 29.0 Å². The molecule has 112 valence electrons. The summed E-state index contributed by atoms with van der Waals surface area (Å²) in [5.74, 6) is -0.957. The van der Waals surface area contributed by atoms with E-state index in [0.29, 0.717) is 5.56 Å². The number of pyridine rings is 1. The normalized spacial score (nSPS) is 11.3. The predicted molar refractivity (Wildman–Crippen MR) is 71.9 cm³/mol. The summed E-state index contributed by atoms with van der Waals surface area (Å²) >= 11 is 1.60. The lowest BCUT2D eigenvalue weighted by Crippen LogP contribution is -2.20. The van der Waals surface area contributed by atoms with Crippen molar-refractivity contribution < 1.29 is 27.4 Å². The molecule has 0 spiro atoms. The number of hydrogen-bond acceptors (Lipinski definition) is 5. The molecule has 9 heteroatoms. The van der Waals surface area contributed by atoms with Gasteiger partial charge in [-0.1, -0.05) is 0 Å². The highest BCUT2D eigenvalue weighted by Gasteiger charge is 2.32. The van der Waals surface area contributed by atoms with Crippen LogP contribution in [-0.2, 0) is 22.5 Å². The van der Waals surface area contributed by atoms with Crippen LogP contribution < -0.4 is 10.5 Å². The third kappa shape index (κ3) is 5.12. The fourth-order valence-corrected chi connectivity index (χ4v) is 1.98. The molecule has 0 aliphatic rings. The Bertz CT molecular complexity index is 495. The fourth-order valence-electron chi connectivity index (χ4n) is 1.42. The second-order valence-electron chi connectivity index (χ2n) is 3.62. The third-order valence-electron chi connectivity index (χ3n) is 2.18. The maximum atomic E-state index is 12.2. The van der Waals surface area contributed by atoms with Crippen LogP contribution in [0.4, 0.5) is 13.2 Å². The number of aromatic nitrogens is 1. The van der Waals surface area contributed by atoms with Gasteiger partial charge in [-0.3, -0.25) is 4.79 Å². The van der Waals surface area contributed by atoms with E-state index in [1.807, 2.05) is 0 Å². The molecule has 1 aromatic heterocycles. The fraction of sp³-hybridized carbons (Fsp3) is 0.455. The van der Waals surface area contributed by atoms with Crippen LogP contribution >= 0.6 is 22.6 Å². The average Bonchev–Trinajstić information content (AvgIpc) is 2.31. The summed E-state index contributed by atoms with van der Waals surface area (Å²) < 4.78 is 45.2. The van der Waals surface area contributed by atoms with Crippen molar-refractivity contribution in [3.63, 3.8) is 0 Å². The molecule has 0 unspecified atom stereocenters. The molecule has 5 nitrogen and oxygen atoms in total. The third-order valence-corrected chi connectivity index (χ3v) is 2.95. The average molecular weight is 404 g/mol. The van der Waals surface area contributed by atoms with E-state index in [4.69, 9.17) is 10.5 Å². The van der Waals surface area contributed by atoms with Crippen LogP contribution in [0.25, 0.3) is 0 Å². The largest absolute Gasteiger partial charge is 0.573 e. The van der Waals surface area contributed by atoms with Crippen molar-refractivity contribution in [2.24, 2.45) is 5.73 Å². The minimum atomic E-state index is -4.81. The zero-order valence-corrected chi connectivity index (χ0v) is 12.6. The first-order valence-corrected chi connectivity index (χ1v) is 6.64. The maximum absolute atomic E-state index is 12.2. The van der Waals surface area contributed by atoms with Gasteiger partial charge in [0, 0.05) is 6.54 Å². The molecule has 0 saturated heterocycles. The first-order chi connectivity index (χ1) is 9.26. The van der Waals surface area contributed by atoms with Crippen LogP contribution in [0.5, 0.6) is 5.75 Å². The Morgan fingerprint density at radius 1 is 1.50 bits per heavy atom. The Morgan fingerprint density at radius 3 is 2.65 bits per heavy atom. The molecule has 0 fully saturated rings. The minimum Gasteiger partial charge on any atom is -0.466 e. The lowest BCUT2D eigenvalue weighted by molar-refractivity contribution is -0.275. The summed E-state index contributed by atoms with van der Waals surface area (Å²) in [5, 5.41) is 0. The summed E-state index contributed by atoms with van der Waals surface area (Å²) in [6, 6.07) is 1.14. The van der Waals surface area contributed by atoms with E-state index < -0.39 is 18.1 Å². The lowest BCUT2D eigenvalue weighted by atomic mass is 10.1. The molecule has 1 heterocycles. The molecule has 0 saturated carbocycles. The van der Waals surface area contributed by atoms with Crippen LogP contribution in [0.1, 0.15) is 18.2 Å². The highest BCUT2D eigenvalue weighted by molar-refractivity contribution is 14.1. The molecule has 1 rings (SSSR count). The Morgan fingerprint density at radius 2 is 2.15 bits per heavy atom. The quantitative estimate of drug-likeness (QED) is 0.463. The first kappa shape index (κ1) is 17.0. The topological polar surface area (TPSA) is 74.4 Å². The van der Waals surface area contributed by atoms with Gasteiger partial charge in [0.2, 0.25) is 0 Å². The zero-order valence-electron chi connectivity index (χ0n) is 10.5. The van der Waals surface area contributed by atoms with Gasteiger partial charge in [-0.15, -0.1) is 13.2 Å². The number of halogens is 4. The molecular formula is C11H12F3IN2O3. The minimum absolute atomic E-state index is 0.00331.